The number of benzene rings is 1. The SMILES string of the molecule is Cn1cnc(NC2CCCC(c3ccc4[nH][nH]c(=O)c4c3)C2)c1. The first-order valence-electron chi connectivity index (χ1n) is 8.14. The molecule has 3 N–H and O–H groups in total. The number of rotatable bonds is 3. The molecule has 1 saturated carbocycles. The van der Waals surface area contributed by atoms with E-state index in [1.807, 2.05) is 36.3 Å². The van der Waals surface area contributed by atoms with E-state index in [9.17, 15) is 4.79 Å². The molecule has 0 aliphatic heterocycles. The molecule has 2 unspecified atom stereocenters. The Kier molecular flexibility index (Phi) is 3.44. The molecule has 6 heteroatoms. The maximum absolute atomic E-state index is 11.8. The fourth-order valence-electron chi connectivity index (χ4n) is 3.62. The number of H-pyrrole nitrogens is 2. The summed E-state index contributed by atoms with van der Waals surface area (Å²) in [7, 11) is 1.98. The van der Waals surface area contributed by atoms with Crippen LogP contribution >= 0.6 is 0 Å². The van der Waals surface area contributed by atoms with Crippen molar-refractivity contribution in [3.8, 4) is 0 Å². The minimum Gasteiger partial charge on any atom is -0.366 e. The van der Waals surface area contributed by atoms with Crippen LogP contribution in [0.1, 0.15) is 37.2 Å². The Bertz CT molecular complexity index is 874. The van der Waals surface area contributed by atoms with Crippen molar-refractivity contribution in [3.05, 3.63) is 46.6 Å². The number of hydrogen-bond acceptors (Lipinski definition) is 3. The first kappa shape index (κ1) is 14.1. The van der Waals surface area contributed by atoms with E-state index in [2.05, 4.69) is 26.6 Å². The van der Waals surface area contributed by atoms with E-state index in [1.54, 1.807) is 0 Å². The summed E-state index contributed by atoms with van der Waals surface area (Å²) in [5, 5.41) is 9.84. The highest BCUT2D eigenvalue weighted by Gasteiger charge is 2.24. The van der Waals surface area contributed by atoms with Crippen molar-refractivity contribution in [3.63, 3.8) is 0 Å². The van der Waals surface area contributed by atoms with Crippen molar-refractivity contribution >= 4 is 16.7 Å². The van der Waals surface area contributed by atoms with E-state index in [0.29, 0.717) is 12.0 Å². The Morgan fingerprint density at radius 2 is 2.22 bits per heavy atom. The third-order valence-corrected chi connectivity index (χ3v) is 4.80. The minimum absolute atomic E-state index is 0.0409. The fourth-order valence-corrected chi connectivity index (χ4v) is 3.62. The first-order chi connectivity index (χ1) is 11.2. The topological polar surface area (TPSA) is 78.5 Å². The Morgan fingerprint density at radius 3 is 3.04 bits per heavy atom. The van der Waals surface area contributed by atoms with Gasteiger partial charge in [-0.15, -0.1) is 0 Å². The summed E-state index contributed by atoms with van der Waals surface area (Å²) in [5.41, 5.74) is 2.09. The highest BCUT2D eigenvalue weighted by Crippen LogP contribution is 2.34. The van der Waals surface area contributed by atoms with Crippen molar-refractivity contribution in [2.45, 2.75) is 37.6 Å². The van der Waals surface area contributed by atoms with E-state index in [-0.39, 0.29) is 5.56 Å². The van der Waals surface area contributed by atoms with Gasteiger partial charge in [0.25, 0.3) is 5.56 Å². The second-order valence-electron chi connectivity index (χ2n) is 6.51. The molecular formula is C17H21N5O. The highest BCUT2D eigenvalue weighted by molar-refractivity contribution is 5.78. The molecule has 4 rings (SSSR count). The van der Waals surface area contributed by atoms with Crippen LogP contribution < -0.4 is 10.9 Å². The van der Waals surface area contributed by atoms with Crippen LogP contribution in [0.15, 0.2) is 35.5 Å². The Hall–Kier alpha value is -2.50. The fraction of sp³-hybridized carbons (Fsp3) is 0.412. The van der Waals surface area contributed by atoms with Crippen molar-refractivity contribution in [1.82, 2.24) is 19.7 Å². The molecule has 0 bridgehead atoms. The van der Waals surface area contributed by atoms with Gasteiger partial charge < -0.3 is 9.88 Å². The molecule has 1 aromatic carbocycles. The lowest BCUT2D eigenvalue weighted by Crippen LogP contribution is -2.26. The quantitative estimate of drug-likeness (QED) is 0.696. The molecule has 0 spiro atoms. The van der Waals surface area contributed by atoms with Crippen LogP contribution in [0.2, 0.25) is 0 Å². The zero-order valence-electron chi connectivity index (χ0n) is 13.2. The smallest absolute Gasteiger partial charge is 0.271 e. The highest BCUT2D eigenvalue weighted by atomic mass is 16.1. The number of aromatic nitrogens is 4. The summed E-state index contributed by atoms with van der Waals surface area (Å²) in [5.74, 6) is 1.43. The number of imidazole rings is 1. The first-order valence-corrected chi connectivity index (χ1v) is 8.14. The number of hydrogen-bond donors (Lipinski definition) is 3. The molecule has 3 aromatic rings. The van der Waals surface area contributed by atoms with Gasteiger partial charge in [0.05, 0.1) is 17.2 Å². The van der Waals surface area contributed by atoms with Gasteiger partial charge >= 0.3 is 0 Å². The lowest BCUT2D eigenvalue weighted by atomic mass is 9.81. The Morgan fingerprint density at radius 1 is 1.30 bits per heavy atom. The summed E-state index contributed by atoms with van der Waals surface area (Å²) in [6.45, 7) is 0. The molecule has 0 radical (unpaired) electrons. The van der Waals surface area contributed by atoms with Gasteiger partial charge in [0.1, 0.15) is 5.82 Å². The predicted molar refractivity (Wildman–Crippen MR) is 90.7 cm³/mol. The zero-order chi connectivity index (χ0) is 15.8. The van der Waals surface area contributed by atoms with E-state index in [4.69, 9.17) is 0 Å². The molecular weight excluding hydrogens is 290 g/mol. The summed E-state index contributed by atoms with van der Waals surface area (Å²) in [4.78, 5) is 16.2. The lowest BCUT2D eigenvalue weighted by Gasteiger charge is -2.30. The van der Waals surface area contributed by atoms with Crippen molar-refractivity contribution in [1.29, 1.82) is 0 Å². The van der Waals surface area contributed by atoms with Crippen LogP contribution in [0.25, 0.3) is 10.9 Å². The lowest BCUT2D eigenvalue weighted by molar-refractivity contribution is 0.410. The number of nitrogens with one attached hydrogen (secondary N) is 3. The summed E-state index contributed by atoms with van der Waals surface area (Å²) >= 11 is 0. The van der Waals surface area contributed by atoms with Gasteiger partial charge in [-0.1, -0.05) is 12.5 Å². The molecule has 1 aliphatic carbocycles. The zero-order valence-corrected chi connectivity index (χ0v) is 13.2. The third-order valence-electron chi connectivity index (χ3n) is 4.80. The van der Waals surface area contributed by atoms with Crippen LogP contribution in [0.4, 0.5) is 5.82 Å². The van der Waals surface area contributed by atoms with E-state index in [1.165, 1.54) is 24.8 Å². The third kappa shape index (κ3) is 2.76. The van der Waals surface area contributed by atoms with Crippen LogP contribution in [-0.4, -0.2) is 25.8 Å². The number of fused-ring (bicyclic) bond motifs is 1. The number of nitrogens with zero attached hydrogens (tertiary/aromatic N) is 2. The van der Waals surface area contributed by atoms with E-state index < -0.39 is 0 Å². The maximum atomic E-state index is 11.8. The molecule has 120 valence electrons. The van der Waals surface area contributed by atoms with Gasteiger partial charge in [0, 0.05) is 19.3 Å². The van der Waals surface area contributed by atoms with Gasteiger partial charge in [0.2, 0.25) is 0 Å². The summed E-state index contributed by atoms with van der Waals surface area (Å²) < 4.78 is 1.95. The van der Waals surface area contributed by atoms with Crippen LogP contribution in [0, 0.1) is 0 Å². The van der Waals surface area contributed by atoms with Gasteiger partial charge in [0.15, 0.2) is 0 Å². The van der Waals surface area contributed by atoms with Gasteiger partial charge in [-0.25, -0.2) is 4.98 Å². The van der Waals surface area contributed by atoms with Gasteiger partial charge in [-0.3, -0.25) is 15.0 Å². The molecule has 1 fully saturated rings. The molecule has 6 nitrogen and oxygen atoms in total. The van der Waals surface area contributed by atoms with Crippen LogP contribution in [0.5, 0.6) is 0 Å². The molecule has 1 aliphatic rings. The van der Waals surface area contributed by atoms with Crippen molar-refractivity contribution in [2.24, 2.45) is 7.05 Å². The molecule has 2 atom stereocenters. The number of aryl methyl sites for hydroxylation is 1. The Balaban J connectivity index is 1.53. The average molecular weight is 311 g/mol. The Labute approximate surface area is 133 Å². The molecule has 2 aromatic heterocycles. The van der Waals surface area contributed by atoms with Crippen molar-refractivity contribution < 1.29 is 0 Å². The summed E-state index contributed by atoms with van der Waals surface area (Å²) in [6.07, 6.45) is 8.43. The van der Waals surface area contributed by atoms with Crippen molar-refractivity contribution in [2.75, 3.05) is 5.32 Å². The number of aromatic amines is 2. The predicted octanol–water partition coefficient (Wildman–Crippen LogP) is 2.73. The second kappa shape index (κ2) is 5.61. The number of anilines is 1. The normalized spacial score (nSPS) is 21.6. The molecule has 2 heterocycles. The minimum atomic E-state index is -0.0409. The molecule has 23 heavy (non-hydrogen) atoms. The largest absolute Gasteiger partial charge is 0.366 e. The summed E-state index contributed by atoms with van der Waals surface area (Å²) in [6, 6.07) is 6.61. The van der Waals surface area contributed by atoms with E-state index in [0.717, 1.165) is 23.1 Å². The molecule has 0 saturated heterocycles. The van der Waals surface area contributed by atoms with Gasteiger partial charge in [-0.2, -0.15) is 0 Å². The molecule has 0 amide bonds. The van der Waals surface area contributed by atoms with E-state index >= 15 is 0 Å². The maximum Gasteiger partial charge on any atom is 0.271 e. The van der Waals surface area contributed by atoms with Crippen LogP contribution in [-0.2, 0) is 7.05 Å². The van der Waals surface area contributed by atoms with Crippen LogP contribution in [0.3, 0.4) is 0 Å². The average Bonchev–Trinajstić information content (AvgIpc) is 3.14. The standard InChI is InChI=1S/C17H21N5O/c1-22-9-16(18-10-22)19-13-4-2-3-11(7-13)12-5-6-15-14(8-12)17(23)21-20-15/h5-6,8-11,13,19H,2-4,7H2,1H3,(H2,20,21,23). The second-order valence-corrected chi connectivity index (χ2v) is 6.51. The monoisotopic (exact) mass is 311 g/mol. The van der Waals surface area contributed by atoms with Gasteiger partial charge in [-0.05, 0) is 42.9 Å².